The van der Waals surface area contributed by atoms with E-state index in [1.165, 1.54) is 6.42 Å². The molecule has 246 valence electrons. The standard InChI is InChI=1S/C36H53Cl2NO5/c1-23(4-11-32(41)42)28-9-10-29-34-30(13-15-36(28,29)3)35(2)14-12-27(21-25(35)22-31(34)40)44-33(43)20-24-5-7-26(8-6-24)39(18-16-37)19-17-38/h5-8,23,25,27-31,34,40H,4,9-22H2,1-3H3,(H,41,42)/t23-,25?,27+,28-,29+,30+,31+,34+,35+,36-/m1/s1. The first-order valence-corrected chi connectivity index (χ1v) is 18.1. The minimum absolute atomic E-state index is 0.0914. The van der Waals surface area contributed by atoms with E-state index in [1.807, 2.05) is 24.3 Å². The highest BCUT2D eigenvalue weighted by molar-refractivity contribution is 6.18. The Morgan fingerprint density at radius 3 is 2.30 bits per heavy atom. The molecule has 4 aliphatic carbocycles. The summed E-state index contributed by atoms with van der Waals surface area (Å²) in [6.45, 7) is 8.61. The number of hydrogen-bond donors (Lipinski definition) is 2. The van der Waals surface area contributed by atoms with Crippen LogP contribution in [0.15, 0.2) is 24.3 Å². The Bertz CT molecular complexity index is 1140. The molecule has 0 saturated heterocycles. The van der Waals surface area contributed by atoms with Gasteiger partial charge in [0.15, 0.2) is 0 Å². The molecule has 0 amide bonds. The predicted octanol–water partition coefficient (Wildman–Crippen LogP) is 7.56. The van der Waals surface area contributed by atoms with Crippen molar-refractivity contribution in [1.29, 1.82) is 0 Å². The number of rotatable bonds is 12. The highest BCUT2D eigenvalue weighted by Crippen LogP contribution is 2.68. The fraction of sp³-hybridized carbons (Fsp3) is 0.778. The molecular weight excluding hydrogens is 597 g/mol. The molecule has 0 spiro atoms. The number of esters is 1. The number of carbonyl (C=O) groups is 2. The van der Waals surface area contributed by atoms with Gasteiger partial charge in [-0.25, -0.2) is 0 Å². The first kappa shape index (κ1) is 33.9. The fourth-order valence-electron chi connectivity index (χ4n) is 10.6. The molecule has 10 atom stereocenters. The van der Waals surface area contributed by atoms with Gasteiger partial charge in [0.2, 0.25) is 0 Å². The first-order valence-electron chi connectivity index (χ1n) is 17.0. The second-order valence-corrected chi connectivity index (χ2v) is 15.8. The van der Waals surface area contributed by atoms with Crippen LogP contribution >= 0.6 is 23.2 Å². The van der Waals surface area contributed by atoms with Crippen LogP contribution in [0.3, 0.4) is 0 Å². The van der Waals surface area contributed by atoms with Gasteiger partial charge < -0.3 is 19.8 Å². The third-order valence-corrected chi connectivity index (χ3v) is 13.2. The number of anilines is 1. The van der Waals surface area contributed by atoms with E-state index in [0.29, 0.717) is 47.3 Å². The van der Waals surface area contributed by atoms with Gasteiger partial charge in [-0.2, -0.15) is 0 Å². The van der Waals surface area contributed by atoms with Gasteiger partial charge in [-0.1, -0.05) is 32.9 Å². The van der Waals surface area contributed by atoms with Gasteiger partial charge in [0.1, 0.15) is 6.10 Å². The molecule has 4 aliphatic rings. The summed E-state index contributed by atoms with van der Waals surface area (Å²) >= 11 is 11.9. The van der Waals surface area contributed by atoms with Crippen LogP contribution < -0.4 is 4.90 Å². The maximum absolute atomic E-state index is 13.0. The Kier molecular flexibility index (Phi) is 10.8. The third kappa shape index (κ3) is 6.79. The Labute approximate surface area is 274 Å². The largest absolute Gasteiger partial charge is 0.481 e. The van der Waals surface area contributed by atoms with Crippen molar-refractivity contribution in [2.24, 2.45) is 46.3 Å². The lowest BCUT2D eigenvalue weighted by Gasteiger charge is -2.62. The van der Waals surface area contributed by atoms with E-state index in [1.54, 1.807) is 0 Å². The number of aliphatic hydroxyl groups is 1. The van der Waals surface area contributed by atoms with E-state index >= 15 is 0 Å². The third-order valence-electron chi connectivity index (χ3n) is 12.9. The molecule has 1 unspecified atom stereocenters. The number of alkyl halides is 2. The number of aliphatic hydroxyl groups excluding tert-OH is 1. The van der Waals surface area contributed by atoms with Crippen molar-refractivity contribution in [2.45, 2.75) is 104 Å². The maximum atomic E-state index is 13.0. The predicted molar refractivity (Wildman–Crippen MR) is 176 cm³/mol. The normalized spacial score (nSPS) is 36.9. The van der Waals surface area contributed by atoms with Gasteiger partial charge >= 0.3 is 11.9 Å². The molecule has 1 aromatic carbocycles. The molecule has 1 aromatic rings. The molecule has 0 bridgehead atoms. The number of carboxylic acid groups (broad SMARTS) is 1. The van der Waals surface area contributed by atoms with E-state index < -0.39 is 5.97 Å². The van der Waals surface area contributed by atoms with Gasteiger partial charge in [0.25, 0.3) is 0 Å². The minimum atomic E-state index is -0.703. The van der Waals surface area contributed by atoms with Gasteiger partial charge in [-0.15, -0.1) is 23.2 Å². The van der Waals surface area contributed by atoms with Crippen LogP contribution in [0, 0.1) is 46.3 Å². The zero-order valence-corrected chi connectivity index (χ0v) is 28.4. The number of halogens is 2. The molecule has 0 aromatic heterocycles. The van der Waals surface area contributed by atoms with Crippen molar-refractivity contribution >= 4 is 40.8 Å². The fourth-order valence-corrected chi connectivity index (χ4v) is 11.0. The average molecular weight is 651 g/mol. The molecule has 0 heterocycles. The van der Waals surface area contributed by atoms with Crippen molar-refractivity contribution in [3.05, 3.63) is 29.8 Å². The van der Waals surface area contributed by atoms with Gasteiger partial charge in [-0.3, -0.25) is 9.59 Å². The van der Waals surface area contributed by atoms with Crippen LogP contribution in [0.5, 0.6) is 0 Å². The van der Waals surface area contributed by atoms with Crippen molar-refractivity contribution in [2.75, 3.05) is 29.7 Å². The molecule has 6 nitrogen and oxygen atoms in total. The van der Waals surface area contributed by atoms with Crippen molar-refractivity contribution in [3.63, 3.8) is 0 Å². The van der Waals surface area contributed by atoms with Crippen LogP contribution in [-0.4, -0.2) is 59.2 Å². The number of aliphatic carboxylic acids is 1. The molecule has 4 saturated carbocycles. The second kappa shape index (κ2) is 14.1. The number of nitrogens with zero attached hydrogens (tertiary/aromatic N) is 1. The summed E-state index contributed by atoms with van der Waals surface area (Å²) in [5.74, 6) is 2.78. The number of hydrogen-bond acceptors (Lipinski definition) is 5. The summed E-state index contributed by atoms with van der Waals surface area (Å²) in [6, 6.07) is 8.01. The maximum Gasteiger partial charge on any atom is 0.310 e. The lowest BCUT2D eigenvalue weighted by molar-refractivity contribution is -0.182. The summed E-state index contributed by atoms with van der Waals surface area (Å²) in [7, 11) is 0. The second-order valence-electron chi connectivity index (χ2n) is 15.0. The zero-order chi connectivity index (χ0) is 31.6. The molecule has 0 aliphatic heterocycles. The van der Waals surface area contributed by atoms with E-state index in [4.69, 9.17) is 27.9 Å². The number of benzene rings is 1. The first-order chi connectivity index (χ1) is 21.0. The summed E-state index contributed by atoms with van der Waals surface area (Å²) in [5.41, 5.74) is 2.33. The van der Waals surface area contributed by atoms with Crippen molar-refractivity contribution < 1.29 is 24.5 Å². The number of ether oxygens (including phenoxy) is 1. The van der Waals surface area contributed by atoms with Crippen LogP contribution in [0.4, 0.5) is 5.69 Å². The van der Waals surface area contributed by atoms with Crippen LogP contribution in [-0.2, 0) is 20.7 Å². The van der Waals surface area contributed by atoms with E-state index in [2.05, 4.69) is 25.7 Å². The molecule has 44 heavy (non-hydrogen) atoms. The smallest absolute Gasteiger partial charge is 0.310 e. The Morgan fingerprint density at radius 2 is 1.64 bits per heavy atom. The monoisotopic (exact) mass is 649 g/mol. The van der Waals surface area contributed by atoms with Crippen molar-refractivity contribution in [1.82, 2.24) is 0 Å². The number of carboxylic acids is 1. The molecule has 8 heteroatoms. The molecular formula is C36H53Cl2NO5. The Balaban J connectivity index is 1.18. The summed E-state index contributed by atoms with van der Waals surface area (Å²) < 4.78 is 6.07. The van der Waals surface area contributed by atoms with Crippen LogP contribution in [0.25, 0.3) is 0 Å². The van der Waals surface area contributed by atoms with E-state index in [9.17, 15) is 19.8 Å². The van der Waals surface area contributed by atoms with E-state index in [-0.39, 0.29) is 41.8 Å². The highest BCUT2D eigenvalue weighted by atomic mass is 35.5. The topological polar surface area (TPSA) is 87.1 Å². The quantitative estimate of drug-likeness (QED) is 0.180. The molecule has 0 radical (unpaired) electrons. The summed E-state index contributed by atoms with van der Waals surface area (Å²) in [4.78, 5) is 26.4. The molecule has 2 N–H and O–H groups in total. The zero-order valence-electron chi connectivity index (χ0n) is 26.9. The van der Waals surface area contributed by atoms with Crippen LogP contribution in [0.2, 0.25) is 0 Å². The Morgan fingerprint density at radius 1 is 0.977 bits per heavy atom. The van der Waals surface area contributed by atoms with Crippen molar-refractivity contribution in [3.8, 4) is 0 Å². The Hall–Kier alpha value is -1.50. The lowest BCUT2D eigenvalue weighted by Crippen LogP contribution is -2.58. The summed E-state index contributed by atoms with van der Waals surface area (Å²) in [5, 5.41) is 21.0. The SMILES string of the molecule is C[C@H](CCC(=O)O)[C@H]1CC[C@H]2[C@@H]3[C@@H](O)CC4C[C@@H](OC(=O)Cc5ccc(N(CCCl)CCCl)cc5)CC[C@]4(C)[C@H]3CC[C@]12C. The average Bonchev–Trinajstić information content (AvgIpc) is 3.34. The van der Waals surface area contributed by atoms with E-state index in [0.717, 1.165) is 75.7 Å². The summed E-state index contributed by atoms with van der Waals surface area (Å²) in [6.07, 6.45) is 8.99. The van der Waals surface area contributed by atoms with Crippen LogP contribution in [0.1, 0.15) is 90.5 Å². The number of fused-ring (bicyclic) bond motifs is 5. The number of carbonyl (C=O) groups excluding carboxylic acids is 1. The highest BCUT2D eigenvalue weighted by Gasteiger charge is 2.63. The molecule has 5 rings (SSSR count). The van der Waals surface area contributed by atoms with Gasteiger partial charge in [-0.05, 0) is 122 Å². The minimum Gasteiger partial charge on any atom is -0.481 e. The van der Waals surface area contributed by atoms with Gasteiger partial charge in [0.05, 0.1) is 12.5 Å². The lowest BCUT2D eigenvalue weighted by atomic mass is 9.43. The molecule has 4 fully saturated rings. The van der Waals surface area contributed by atoms with Gasteiger partial charge in [0, 0.05) is 37.0 Å².